The molecule has 26 heavy (non-hydrogen) atoms. The highest BCUT2D eigenvalue weighted by Crippen LogP contribution is 2.16. The third kappa shape index (κ3) is 3.35. The molecular weight excluding hydrogens is 352 g/mol. The van der Waals surface area contributed by atoms with Gasteiger partial charge in [-0.2, -0.15) is 0 Å². The highest BCUT2D eigenvalue weighted by Gasteiger charge is 2.25. The molecule has 1 fully saturated rings. The SMILES string of the molecule is CCn1ccnc1N1CCN(C(=O)c2cnc3ccccc3n2)CC1.Cl. The Balaban J connectivity index is 0.00000196. The van der Waals surface area contributed by atoms with E-state index in [-0.39, 0.29) is 18.3 Å². The van der Waals surface area contributed by atoms with E-state index in [4.69, 9.17) is 0 Å². The third-order valence-electron chi connectivity index (χ3n) is 4.55. The first-order valence-corrected chi connectivity index (χ1v) is 8.53. The first kappa shape index (κ1) is 18.1. The number of imidazole rings is 1. The highest BCUT2D eigenvalue weighted by atomic mass is 35.5. The maximum absolute atomic E-state index is 12.7. The molecule has 2 aromatic heterocycles. The van der Waals surface area contributed by atoms with Gasteiger partial charge in [-0.15, -0.1) is 12.4 Å². The van der Waals surface area contributed by atoms with Crippen molar-refractivity contribution in [2.24, 2.45) is 0 Å². The van der Waals surface area contributed by atoms with Crippen LogP contribution in [0.1, 0.15) is 17.4 Å². The van der Waals surface area contributed by atoms with Crippen molar-refractivity contribution in [3.63, 3.8) is 0 Å². The fraction of sp³-hybridized carbons (Fsp3) is 0.333. The summed E-state index contributed by atoms with van der Waals surface area (Å²) in [4.78, 5) is 30.0. The highest BCUT2D eigenvalue weighted by molar-refractivity contribution is 5.94. The summed E-state index contributed by atoms with van der Waals surface area (Å²) in [6.07, 6.45) is 5.37. The molecule has 0 bridgehead atoms. The second-order valence-electron chi connectivity index (χ2n) is 6.04. The molecule has 1 aromatic carbocycles. The molecular formula is C18H21ClN6O. The van der Waals surface area contributed by atoms with Crippen LogP contribution in [-0.4, -0.2) is 56.5 Å². The van der Waals surface area contributed by atoms with Gasteiger partial charge in [0.25, 0.3) is 5.91 Å². The number of piperazine rings is 1. The van der Waals surface area contributed by atoms with Crippen LogP contribution in [0.4, 0.5) is 5.95 Å². The molecule has 1 aliphatic rings. The smallest absolute Gasteiger partial charge is 0.274 e. The van der Waals surface area contributed by atoms with Crippen molar-refractivity contribution in [1.29, 1.82) is 0 Å². The second kappa shape index (κ2) is 7.70. The number of anilines is 1. The molecule has 3 heterocycles. The minimum absolute atomic E-state index is 0. The maximum Gasteiger partial charge on any atom is 0.274 e. The van der Waals surface area contributed by atoms with Crippen molar-refractivity contribution < 1.29 is 4.79 Å². The summed E-state index contributed by atoms with van der Waals surface area (Å²) in [5.41, 5.74) is 1.95. The van der Waals surface area contributed by atoms with Gasteiger partial charge in [-0.3, -0.25) is 9.78 Å². The van der Waals surface area contributed by atoms with Crippen molar-refractivity contribution in [2.75, 3.05) is 31.1 Å². The lowest BCUT2D eigenvalue weighted by Gasteiger charge is -2.35. The number of fused-ring (bicyclic) bond motifs is 1. The Bertz CT molecular complexity index is 903. The standard InChI is InChI=1S/C18H20N6O.ClH/c1-2-22-8-7-19-18(22)24-11-9-23(10-12-24)17(25)16-13-20-14-5-3-4-6-15(14)21-16;/h3-8,13H,2,9-12H2,1H3;1H. The van der Waals surface area contributed by atoms with E-state index < -0.39 is 0 Å². The largest absolute Gasteiger partial charge is 0.339 e. The number of carbonyl (C=O) groups excluding carboxylic acids is 1. The topological polar surface area (TPSA) is 67.2 Å². The van der Waals surface area contributed by atoms with Gasteiger partial charge in [-0.05, 0) is 19.1 Å². The lowest BCUT2D eigenvalue weighted by atomic mass is 10.2. The van der Waals surface area contributed by atoms with Gasteiger partial charge in [0.1, 0.15) is 5.69 Å². The molecule has 8 heteroatoms. The van der Waals surface area contributed by atoms with Crippen LogP contribution in [0.25, 0.3) is 11.0 Å². The molecule has 1 aliphatic heterocycles. The predicted octanol–water partition coefficient (Wildman–Crippen LogP) is 2.23. The van der Waals surface area contributed by atoms with Gasteiger partial charge in [0.05, 0.1) is 17.2 Å². The summed E-state index contributed by atoms with van der Waals surface area (Å²) in [5, 5.41) is 0. The van der Waals surface area contributed by atoms with Gasteiger partial charge in [-0.25, -0.2) is 9.97 Å². The summed E-state index contributed by atoms with van der Waals surface area (Å²) >= 11 is 0. The molecule has 7 nitrogen and oxygen atoms in total. The molecule has 0 N–H and O–H groups in total. The Morgan fingerprint density at radius 3 is 2.54 bits per heavy atom. The number of amides is 1. The molecule has 0 radical (unpaired) electrons. The van der Waals surface area contributed by atoms with Crippen molar-refractivity contribution in [1.82, 2.24) is 24.4 Å². The number of para-hydroxylation sites is 2. The maximum atomic E-state index is 12.7. The number of hydrogen-bond donors (Lipinski definition) is 0. The summed E-state index contributed by atoms with van der Waals surface area (Å²) < 4.78 is 2.12. The number of aromatic nitrogens is 4. The molecule has 0 aliphatic carbocycles. The van der Waals surface area contributed by atoms with Gasteiger partial charge in [0, 0.05) is 45.1 Å². The predicted molar refractivity (Wildman–Crippen MR) is 103 cm³/mol. The molecule has 4 rings (SSSR count). The number of nitrogens with zero attached hydrogens (tertiary/aromatic N) is 6. The first-order valence-electron chi connectivity index (χ1n) is 8.53. The monoisotopic (exact) mass is 372 g/mol. The van der Waals surface area contributed by atoms with E-state index in [0.717, 1.165) is 36.6 Å². The van der Waals surface area contributed by atoms with E-state index in [2.05, 4.69) is 31.3 Å². The molecule has 1 saturated heterocycles. The van der Waals surface area contributed by atoms with Crippen molar-refractivity contribution in [3.8, 4) is 0 Å². The van der Waals surface area contributed by atoms with Crippen LogP contribution < -0.4 is 4.90 Å². The zero-order valence-electron chi connectivity index (χ0n) is 14.6. The number of hydrogen-bond acceptors (Lipinski definition) is 5. The van der Waals surface area contributed by atoms with Gasteiger partial charge in [-0.1, -0.05) is 12.1 Å². The lowest BCUT2D eigenvalue weighted by molar-refractivity contribution is 0.0740. The van der Waals surface area contributed by atoms with Gasteiger partial charge in [0.15, 0.2) is 0 Å². The summed E-state index contributed by atoms with van der Waals surface area (Å²) in [5.74, 6) is 0.914. The Kier molecular flexibility index (Phi) is 5.37. The molecule has 0 spiro atoms. The van der Waals surface area contributed by atoms with Crippen molar-refractivity contribution >= 4 is 35.3 Å². The molecule has 0 unspecified atom stereocenters. The summed E-state index contributed by atoms with van der Waals surface area (Å²) in [6, 6.07) is 7.59. The lowest BCUT2D eigenvalue weighted by Crippen LogP contribution is -2.49. The van der Waals surface area contributed by atoms with Gasteiger partial charge >= 0.3 is 0 Å². The molecule has 0 atom stereocenters. The van der Waals surface area contributed by atoms with Crippen LogP contribution in [0.3, 0.4) is 0 Å². The van der Waals surface area contributed by atoms with E-state index >= 15 is 0 Å². The number of rotatable bonds is 3. The third-order valence-corrected chi connectivity index (χ3v) is 4.55. The average molecular weight is 373 g/mol. The number of carbonyl (C=O) groups is 1. The van der Waals surface area contributed by atoms with E-state index in [1.165, 1.54) is 0 Å². The van der Waals surface area contributed by atoms with Crippen LogP contribution in [-0.2, 0) is 6.54 Å². The van der Waals surface area contributed by atoms with Crippen molar-refractivity contribution in [2.45, 2.75) is 13.5 Å². The zero-order chi connectivity index (χ0) is 17.2. The van der Waals surface area contributed by atoms with E-state index in [1.807, 2.05) is 41.6 Å². The Morgan fingerprint density at radius 2 is 1.81 bits per heavy atom. The molecule has 1 amide bonds. The van der Waals surface area contributed by atoms with E-state index in [0.29, 0.717) is 18.8 Å². The number of halogens is 1. The quantitative estimate of drug-likeness (QED) is 0.705. The first-order chi connectivity index (χ1) is 12.3. The fourth-order valence-electron chi connectivity index (χ4n) is 3.16. The van der Waals surface area contributed by atoms with Crippen LogP contribution in [0.2, 0.25) is 0 Å². The summed E-state index contributed by atoms with van der Waals surface area (Å²) in [6.45, 7) is 5.84. The van der Waals surface area contributed by atoms with Gasteiger partial charge < -0.3 is 14.4 Å². The van der Waals surface area contributed by atoms with E-state index in [1.54, 1.807) is 6.20 Å². The molecule has 3 aromatic rings. The Labute approximate surface area is 158 Å². The molecule has 0 saturated carbocycles. The van der Waals surface area contributed by atoms with Crippen molar-refractivity contribution in [3.05, 3.63) is 48.5 Å². The summed E-state index contributed by atoms with van der Waals surface area (Å²) in [7, 11) is 0. The minimum Gasteiger partial charge on any atom is -0.339 e. The fourth-order valence-corrected chi connectivity index (χ4v) is 3.16. The molecule has 136 valence electrons. The van der Waals surface area contributed by atoms with Crippen LogP contribution in [0.15, 0.2) is 42.9 Å². The average Bonchev–Trinajstić information content (AvgIpc) is 3.16. The number of aryl methyl sites for hydroxylation is 1. The van der Waals surface area contributed by atoms with Crippen LogP contribution in [0, 0.1) is 0 Å². The Hall–Kier alpha value is -2.67. The Morgan fingerprint density at radius 1 is 1.08 bits per heavy atom. The zero-order valence-corrected chi connectivity index (χ0v) is 15.4. The second-order valence-corrected chi connectivity index (χ2v) is 6.04. The van der Waals surface area contributed by atoms with E-state index in [9.17, 15) is 4.79 Å². The number of benzene rings is 1. The normalized spacial score (nSPS) is 14.3. The minimum atomic E-state index is -0.0586. The van der Waals surface area contributed by atoms with Crippen LogP contribution >= 0.6 is 12.4 Å². The van der Waals surface area contributed by atoms with Gasteiger partial charge in [0.2, 0.25) is 5.95 Å². The van der Waals surface area contributed by atoms with Crippen LogP contribution in [0.5, 0.6) is 0 Å².